The number of carboxylic acids is 1. The molecule has 12 heteroatoms. The third kappa shape index (κ3) is 5.10. The minimum atomic E-state index is -3.16. The lowest BCUT2D eigenvalue weighted by molar-refractivity contribution is -0.898. The second kappa shape index (κ2) is 10.6. The number of carboxylic acid groups (broad SMARTS) is 1. The Morgan fingerprint density at radius 1 is 1.32 bits per heavy atom. The summed E-state index contributed by atoms with van der Waals surface area (Å²) in [6.45, 7) is 7.64. The molecule has 0 aromatic heterocycles. The maximum Gasteiger partial charge on any atom is 0.353 e. The summed E-state index contributed by atoms with van der Waals surface area (Å²) >= 11 is 1.53. The van der Waals surface area contributed by atoms with E-state index in [1.165, 1.54) is 49.5 Å². The molecule has 1 unspecified atom stereocenters. The van der Waals surface area contributed by atoms with Gasteiger partial charge in [0.2, 0.25) is 5.91 Å². The molecule has 3 saturated heterocycles. The van der Waals surface area contributed by atoms with Crippen LogP contribution >= 0.6 is 11.8 Å². The molecule has 192 valence electrons. The molecule has 4 rings (SSSR count). The fourth-order valence-corrected chi connectivity index (χ4v) is 7.60. The van der Waals surface area contributed by atoms with Gasteiger partial charge in [-0.05, 0) is 13.3 Å². The van der Waals surface area contributed by atoms with E-state index in [1.54, 1.807) is 0 Å². The molecule has 0 radical (unpaired) electrons. The number of hydrogen-bond donors (Lipinski definition) is 3. The van der Waals surface area contributed by atoms with Crippen molar-refractivity contribution in [2.24, 2.45) is 11.8 Å². The molecule has 0 saturated carbocycles. The first-order valence-corrected chi connectivity index (χ1v) is 12.5. The average molecular weight is 614 g/mol. The highest BCUT2D eigenvalue weighted by molar-refractivity contribution is 8.03. The number of carbonyl (C=O) groups is 3. The summed E-state index contributed by atoms with van der Waals surface area (Å²) in [4.78, 5) is 38.3. The molecule has 4 aliphatic heterocycles. The molecular weight excluding hydrogens is 581 g/mol. The van der Waals surface area contributed by atoms with E-state index in [-0.39, 0.29) is 40.8 Å². The summed E-state index contributed by atoms with van der Waals surface area (Å²) < 4.78 is 26.4. The first-order valence-electron chi connectivity index (χ1n) is 11.6. The minimum Gasteiger partial charge on any atom is -1.00 e. The van der Waals surface area contributed by atoms with Crippen LogP contribution < -0.4 is 34.6 Å². The topological polar surface area (TPSA) is 98.7 Å². The number of likely N-dealkylation sites (tertiary alicyclic amines) is 1. The highest BCUT2D eigenvalue weighted by atomic mass is 127. The quantitative estimate of drug-likeness (QED) is 0.170. The van der Waals surface area contributed by atoms with Crippen LogP contribution in [0.1, 0.15) is 33.1 Å². The first-order chi connectivity index (χ1) is 15.5. The third-order valence-corrected chi connectivity index (χ3v) is 9.19. The molecule has 4 heterocycles. The van der Waals surface area contributed by atoms with Crippen LogP contribution in [-0.4, -0.2) is 95.3 Å². The van der Waals surface area contributed by atoms with E-state index in [2.05, 4.69) is 17.7 Å². The van der Waals surface area contributed by atoms with Crippen molar-refractivity contribution in [3.63, 3.8) is 0 Å². The van der Waals surface area contributed by atoms with Crippen LogP contribution in [-0.2, 0) is 14.4 Å². The number of amides is 2. The summed E-state index contributed by atoms with van der Waals surface area (Å²) in [6.07, 6.45) is 0.295. The van der Waals surface area contributed by atoms with E-state index in [1.807, 2.05) is 6.92 Å². The number of alkyl halides is 2. The normalized spacial score (nSPS) is 32.9. The Labute approximate surface area is 219 Å². The Kier molecular flexibility index (Phi) is 8.56. The van der Waals surface area contributed by atoms with Gasteiger partial charge in [-0.2, -0.15) is 8.78 Å². The van der Waals surface area contributed by atoms with E-state index < -0.39 is 42.2 Å². The highest BCUT2D eigenvalue weighted by Crippen LogP contribution is 2.51. The number of nitrogens with one attached hydrogen (secondary N) is 2. The number of quaternary nitrogens is 1. The van der Waals surface area contributed by atoms with Crippen molar-refractivity contribution >= 4 is 29.5 Å². The zero-order valence-electron chi connectivity index (χ0n) is 19.6. The largest absolute Gasteiger partial charge is 1.00 e. The second-order valence-electron chi connectivity index (χ2n) is 10.2. The SMILES string of the molecule is C[C@@H](NC(=O)C(F)F)[C@H]1C(=O)N2C(C(=O)O)=C(S[C@@H]3CNC(C[N+]4(C)CCCC4)C3)[C@H](C)[C@H]12.[I-]. The van der Waals surface area contributed by atoms with Crippen LogP contribution in [0.3, 0.4) is 0 Å². The van der Waals surface area contributed by atoms with Crippen LogP contribution in [0.25, 0.3) is 0 Å². The summed E-state index contributed by atoms with van der Waals surface area (Å²) in [7, 11) is 2.30. The number of thioether (sulfide) groups is 1. The number of carbonyl (C=O) groups excluding carboxylic acids is 2. The van der Waals surface area contributed by atoms with Crippen LogP contribution in [0, 0.1) is 11.8 Å². The van der Waals surface area contributed by atoms with Crippen molar-refractivity contribution in [1.82, 2.24) is 15.5 Å². The maximum absolute atomic E-state index is 12.8. The second-order valence-corrected chi connectivity index (χ2v) is 11.5. The Morgan fingerprint density at radius 3 is 2.56 bits per heavy atom. The lowest BCUT2D eigenvalue weighted by Crippen LogP contribution is -3.00. The lowest BCUT2D eigenvalue weighted by Gasteiger charge is -2.47. The fraction of sp³-hybridized carbons (Fsp3) is 0.773. The summed E-state index contributed by atoms with van der Waals surface area (Å²) in [5.74, 6) is -3.96. The van der Waals surface area contributed by atoms with Gasteiger partial charge in [0.25, 0.3) is 5.91 Å². The van der Waals surface area contributed by atoms with Crippen LogP contribution in [0.2, 0.25) is 0 Å². The standard InChI is InChI=1S/C22H32F2N4O4S.HI/c1-11-16-15(12(2)26-20(29)19(23)24)21(30)27(16)17(22(31)32)18(11)33-14-8-13(25-9-14)10-28(3)6-4-5-7-28;/h11-16,19,25H,4-10H2,1-3H3,(H-,26,29,31,32);1H/t11-,12-,13?,14+,15-,16-;/m1./s1. The first kappa shape index (κ1) is 27.6. The van der Waals surface area contributed by atoms with Gasteiger partial charge in [-0.1, -0.05) is 6.92 Å². The molecule has 6 atom stereocenters. The number of halogens is 3. The monoisotopic (exact) mass is 614 g/mol. The molecule has 4 aliphatic rings. The summed E-state index contributed by atoms with van der Waals surface area (Å²) in [5, 5.41) is 15.9. The van der Waals surface area contributed by atoms with E-state index in [9.17, 15) is 28.3 Å². The predicted molar refractivity (Wildman–Crippen MR) is 119 cm³/mol. The van der Waals surface area contributed by atoms with Gasteiger partial charge in [-0.15, -0.1) is 11.8 Å². The van der Waals surface area contributed by atoms with Crippen molar-refractivity contribution in [3.8, 4) is 0 Å². The molecule has 3 fully saturated rings. The fourth-order valence-electron chi connectivity index (χ4n) is 6.08. The molecular formula is C22H33F2IN4O4S. The van der Waals surface area contributed by atoms with E-state index >= 15 is 0 Å². The Hall–Kier alpha value is -0.990. The number of β-lactam (4-membered cyclic amide) rings is 1. The third-order valence-electron chi connectivity index (χ3n) is 7.68. The number of hydrogen-bond acceptors (Lipinski definition) is 5. The van der Waals surface area contributed by atoms with Gasteiger partial charge < -0.3 is 49.1 Å². The number of rotatable bonds is 8. The molecule has 34 heavy (non-hydrogen) atoms. The molecule has 2 amide bonds. The summed E-state index contributed by atoms with van der Waals surface area (Å²) in [5.41, 5.74) is 0.00752. The average Bonchev–Trinajstić information content (AvgIpc) is 3.41. The van der Waals surface area contributed by atoms with Crippen LogP contribution in [0.5, 0.6) is 0 Å². The lowest BCUT2D eigenvalue weighted by atomic mass is 9.78. The van der Waals surface area contributed by atoms with Crippen molar-refractivity contribution in [2.45, 2.75) is 62.9 Å². The molecule has 0 aromatic carbocycles. The van der Waals surface area contributed by atoms with E-state index in [0.717, 1.165) is 24.0 Å². The number of likely N-dealkylation sites (N-methyl/N-ethyl adjacent to an activating group) is 1. The van der Waals surface area contributed by atoms with Gasteiger partial charge in [-0.3, -0.25) is 9.59 Å². The van der Waals surface area contributed by atoms with E-state index in [4.69, 9.17) is 0 Å². The van der Waals surface area contributed by atoms with Crippen LogP contribution in [0.4, 0.5) is 8.78 Å². The molecule has 0 bridgehead atoms. The zero-order chi connectivity index (χ0) is 24.1. The van der Waals surface area contributed by atoms with E-state index in [0.29, 0.717) is 10.9 Å². The van der Waals surface area contributed by atoms with Crippen molar-refractivity contribution < 1.29 is 56.7 Å². The number of aliphatic carboxylic acids is 1. The van der Waals surface area contributed by atoms with Crippen molar-refractivity contribution in [2.75, 3.05) is 33.2 Å². The summed E-state index contributed by atoms with van der Waals surface area (Å²) in [6, 6.07) is -0.866. The molecule has 0 aliphatic carbocycles. The van der Waals surface area contributed by atoms with Crippen LogP contribution in [0.15, 0.2) is 10.6 Å². The van der Waals surface area contributed by atoms with Gasteiger partial charge in [0.1, 0.15) is 5.70 Å². The van der Waals surface area contributed by atoms with Gasteiger partial charge >= 0.3 is 12.4 Å². The predicted octanol–water partition coefficient (Wildman–Crippen LogP) is -1.76. The molecule has 0 aromatic rings. The zero-order valence-corrected chi connectivity index (χ0v) is 22.6. The van der Waals surface area contributed by atoms with Crippen molar-refractivity contribution in [3.05, 3.63) is 10.6 Å². The molecule has 8 nitrogen and oxygen atoms in total. The molecule has 3 N–H and O–H groups in total. The Balaban J connectivity index is 0.00000324. The number of fused-ring (bicyclic) bond motifs is 1. The molecule has 0 spiro atoms. The Bertz CT molecular complexity index is 870. The minimum absolute atomic E-state index is 0. The maximum atomic E-state index is 12.8. The number of nitrogens with zero attached hydrogens (tertiary/aromatic N) is 2. The van der Waals surface area contributed by atoms with Gasteiger partial charge in [0, 0.05) is 41.5 Å². The smallest absolute Gasteiger partial charge is 0.353 e. The highest BCUT2D eigenvalue weighted by Gasteiger charge is 2.60. The van der Waals surface area contributed by atoms with Crippen molar-refractivity contribution in [1.29, 1.82) is 0 Å². The van der Waals surface area contributed by atoms with Gasteiger partial charge in [-0.25, -0.2) is 4.79 Å². The van der Waals surface area contributed by atoms with Gasteiger partial charge in [0.05, 0.1) is 44.7 Å². The van der Waals surface area contributed by atoms with Gasteiger partial charge in [0.15, 0.2) is 0 Å². The Morgan fingerprint density at radius 2 is 1.97 bits per heavy atom.